The first-order valence-corrected chi connectivity index (χ1v) is 19.8. The van der Waals surface area contributed by atoms with Crippen molar-refractivity contribution in [3.8, 4) is 0 Å². The van der Waals surface area contributed by atoms with E-state index in [1.165, 1.54) is 13.3 Å². The lowest BCUT2D eigenvalue weighted by Gasteiger charge is -2.27. The van der Waals surface area contributed by atoms with Crippen molar-refractivity contribution >= 4 is 52.4 Å². The number of benzene rings is 2. The Hall–Kier alpha value is -6.76. The van der Waals surface area contributed by atoms with Crippen molar-refractivity contribution in [1.29, 1.82) is 5.41 Å². The molecule has 0 spiro atoms. The molecule has 0 unspecified atom stereocenters. The van der Waals surface area contributed by atoms with Gasteiger partial charge in [0.2, 0.25) is 29.5 Å². The minimum atomic E-state index is -1.35. The highest BCUT2D eigenvalue weighted by molar-refractivity contribution is 5.96. The number of aromatic nitrogens is 3. The Morgan fingerprint density at radius 1 is 0.750 bits per heavy atom. The van der Waals surface area contributed by atoms with Crippen LogP contribution >= 0.6 is 0 Å². The summed E-state index contributed by atoms with van der Waals surface area (Å²) < 4.78 is 0. The summed E-state index contributed by atoms with van der Waals surface area (Å²) in [6.45, 7) is 5.32. The average molecular weight is 829 g/mol. The zero-order valence-electron chi connectivity index (χ0n) is 33.9. The molecule has 4 rings (SSSR count). The molecule has 0 saturated carbocycles. The average Bonchev–Trinajstić information content (AvgIpc) is 3.88. The van der Waals surface area contributed by atoms with Crippen LogP contribution < -0.4 is 43.4 Å². The highest BCUT2D eigenvalue weighted by Gasteiger charge is 2.33. The quantitative estimate of drug-likeness (QED) is 0.0270. The van der Waals surface area contributed by atoms with Crippen LogP contribution in [0.25, 0.3) is 10.9 Å². The summed E-state index contributed by atoms with van der Waals surface area (Å²) in [4.78, 5) is 90.6. The molecule has 0 aliphatic carbocycles. The molecular weight excluding hydrogens is 773 g/mol. The van der Waals surface area contributed by atoms with Gasteiger partial charge in [0.1, 0.15) is 30.2 Å². The summed E-state index contributed by atoms with van der Waals surface area (Å²) >= 11 is 0. The molecule has 322 valence electrons. The predicted molar refractivity (Wildman–Crippen MR) is 224 cm³/mol. The van der Waals surface area contributed by atoms with Gasteiger partial charge in [-0.2, -0.15) is 0 Å². The third-order valence-corrected chi connectivity index (χ3v) is 9.66. The largest absolute Gasteiger partial charge is 0.480 e. The summed E-state index contributed by atoms with van der Waals surface area (Å²) in [5.74, 6) is -5.11. The van der Waals surface area contributed by atoms with E-state index in [0.29, 0.717) is 16.8 Å². The molecule has 0 saturated heterocycles. The summed E-state index contributed by atoms with van der Waals surface area (Å²) in [6, 6.07) is 9.14. The summed E-state index contributed by atoms with van der Waals surface area (Å²) in [5.41, 5.74) is 14.2. The van der Waals surface area contributed by atoms with Crippen molar-refractivity contribution < 1.29 is 33.9 Å². The van der Waals surface area contributed by atoms with E-state index >= 15 is 0 Å². The van der Waals surface area contributed by atoms with Crippen LogP contribution in [-0.2, 0) is 48.0 Å². The summed E-state index contributed by atoms with van der Waals surface area (Å²) in [7, 11) is 0. The fraction of sp³-hybridized carbons (Fsp3) is 0.415. The lowest BCUT2D eigenvalue weighted by Crippen LogP contribution is -2.59. The molecule has 19 nitrogen and oxygen atoms in total. The third-order valence-electron chi connectivity index (χ3n) is 9.66. The normalized spacial score (nSPS) is 14.2. The van der Waals surface area contributed by atoms with E-state index in [1.54, 1.807) is 42.7 Å². The van der Waals surface area contributed by atoms with Gasteiger partial charge in [-0.3, -0.25) is 29.4 Å². The Morgan fingerprint density at radius 3 is 2.05 bits per heavy atom. The van der Waals surface area contributed by atoms with Crippen molar-refractivity contribution in [2.24, 2.45) is 17.4 Å². The highest BCUT2D eigenvalue weighted by atomic mass is 16.4. The highest BCUT2D eigenvalue weighted by Crippen LogP contribution is 2.19. The van der Waals surface area contributed by atoms with Crippen LogP contribution in [0.3, 0.4) is 0 Å². The van der Waals surface area contributed by atoms with Gasteiger partial charge in [-0.25, -0.2) is 9.78 Å². The van der Waals surface area contributed by atoms with Crippen LogP contribution in [0.2, 0.25) is 0 Å². The van der Waals surface area contributed by atoms with Gasteiger partial charge in [-0.05, 0) is 49.3 Å². The molecule has 0 aliphatic heterocycles. The van der Waals surface area contributed by atoms with Crippen LogP contribution in [-0.4, -0.2) is 104 Å². The van der Waals surface area contributed by atoms with Crippen molar-refractivity contribution in [1.82, 2.24) is 46.9 Å². The number of nitrogens with one attached hydrogen (secondary N) is 9. The molecule has 19 heteroatoms. The van der Waals surface area contributed by atoms with Crippen LogP contribution in [0.5, 0.6) is 0 Å². The topological polar surface area (TPSA) is 315 Å². The number of carboxylic acid groups (broad SMARTS) is 1. The maximum Gasteiger partial charge on any atom is 0.326 e. The molecule has 0 bridgehead atoms. The number of hydrogen-bond acceptors (Lipinski definition) is 9. The molecule has 2 heterocycles. The second kappa shape index (κ2) is 22.4. The number of hydrogen-bond donors (Lipinski definition) is 12. The molecule has 2 aromatic carbocycles. The van der Waals surface area contributed by atoms with Crippen molar-refractivity contribution in [2.75, 3.05) is 6.54 Å². The number of H-pyrrole nitrogens is 2. The smallest absolute Gasteiger partial charge is 0.326 e. The lowest BCUT2D eigenvalue weighted by atomic mass is 10.0. The van der Waals surface area contributed by atoms with Gasteiger partial charge < -0.3 is 58.4 Å². The number of nitrogens with two attached hydrogens (primary N) is 2. The predicted octanol–water partition coefficient (Wildman–Crippen LogP) is 0.0841. The Labute approximate surface area is 347 Å². The van der Waals surface area contributed by atoms with E-state index in [1.807, 2.05) is 38.1 Å². The molecule has 14 N–H and O–H groups in total. The maximum absolute atomic E-state index is 14.1. The van der Waals surface area contributed by atoms with Gasteiger partial charge >= 0.3 is 5.97 Å². The Morgan fingerprint density at radius 2 is 1.38 bits per heavy atom. The number of rotatable bonds is 23. The molecule has 0 radical (unpaired) electrons. The summed E-state index contributed by atoms with van der Waals surface area (Å²) in [6.07, 6.45) is 5.28. The molecule has 4 aromatic rings. The van der Waals surface area contributed by atoms with E-state index in [4.69, 9.17) is 16.9 Å². The number of fused-ring (bicyclic) bond motifs is 1. The van der Waals surface area contributed by atoms with E-state index in [2.05, 4.69) is 46.9 Å². The molecule has 0 fully saturated rings. The fourth-order valence-electron chi connectivity index (χ4n) is 6.50. The first kappa shape index (κ1) is 45.9. The molecule has 6 atom stereocenters. The third kappa shape index (κ3) is 14.3. The number of aliphatic carboxylic acids is 1. The van der Waals surface area contributed by atoms with Crippen molar-refractivity contribution in [3.05, 3.63) is 90.1 Å². The van der Waals surface area contributed by atoms with E-state index < -0.39 is 71.8 Å². The minimum absolute atomic E-state index is 0.00854. The Kier molecular flexibility index (Phi) is 17.2. The van der Waals surface area contributed by atoms with Gasteiger partial charge in [0.05, 0.1) is 18.1 Å². The van der Waals surface area contributed by atoms with Gasteiger partial charge in [-0.1, -0.05) is 62.4 Å². The van der Waals surface area contributed by atoms with Crippen LogP contribution in [0.15, 0.2) is 73.3 Å². The van der Waals surface area contributed by atoms with Crippen LogP contribution in [0.4, 0.5) is 0 Å². The van der Waals surface area contributed by atoms with Gasteiger partial charge in [0.25, 0.3) is 0 Å². The SMILES string of the molecule is CC(C)C[C@H](NC(=O)[C@H](C)NC(=O)[C@@H](N)Cc1c[nH]cn1)C(=O)N[C@@H](CCCNC(=N)N)C(=O)N[C@@H](Cc1ccccc1)C(=O)N[C@@H](Cc1c[nH]c2ccccc12)C(=O)O. The Balaban J connectivity index is 1.51. The molecule has 5 amide bonds. The zero-order valence-corrected chi connectivity index (χ0v) is 33.9. The van der Waals surface area contributed by atoms with Crippen LogP contribution in [0, 0.1) is 11.3 Å². The van der Waals surface area contributed by atoms with E-state index in [-0.39, 0.29) is 56.9 Å². The molecule has 60 heavy (non-hydrogen) atoms. The molecular formula is C41H56N12O7. The van der Waals surface area contributed by atoms with Gasteiger partial charge in [0, 0.05) is 49.1 Å². The first-order chi connectivity index (χ1) is 28.6. The van der Waals surface area contributed by atoms with Crippen molar-refractivity contribution in [2.45, 2.75) is 95.5 Å². The number of amides is 5. The molecule has 2 aromatic heterocycles. The number of carbonyl (C=O) groups is 6. The first-order valence-electron chi connectivity index (χ1n) is 19.8. The van der Waals surface area contributed by atoms with E-state index in [9.17, 15) is 33.9 Å². The number of para-hydroxylation sites is 1. The van der Waals surface area contributed by atoms with Gasteiger partial charge in [-0.15, -0.1) is 0 Å². The van der Waals surface area contributed by atoms with Crippen molar-refractivity contribution in [3.63, 3.8) is 0 Å². The number of aromatic amines is 2. The summed E-state index contributed by atoms with van der Waals surface area (Å²) in [5, 5.41) is 34.4. The zero-order chi connectivity index (χ0) is 43.8. The van der Waals surface area contributed by atoms with Crippen LogP contribution in [0.1, 0.15) is 56.9 Å². The monoisotopic (exact) mass is 828 g/mol. The number of imidazole rings is 1. The lowest BCUT2D eigenvalue weighted by molar-refractivity contribution is -0.142. The number of guanidine groups is 1. The molecule has 0 aliphatic rings. The van der Waals surface area contributed by atoms with E-state index in [0.717, 1.165) is 10.9 Å². The second-order valence-corrected chi connectivity index (χ2v) is 15.0. The number of carboxylic acids is 1. The second-order valence-electron chi connectivity index (χ2n) is 15.0. The number of carbonyl (C=O) groups excluding carboxylic acids is 5. The Bertz CT molecular complexity index is 2070. The minimum Gasteiger partial charge on any atom is -0.480 e. The van der Waals surface area contributed by atoms with Gasteiger partial charge in [0.15, 0.2) is 5.96 Å². The number of nitrogens with zero attached hydrogens (tertiary/aromatic N) is 1. The maximum atomic E-state index is 14.1. The standard InChI is InChI=1S/C41H56N12O7/c1-23(2)16-32(51-35(54)24(3)49-36(55)29(42)19-27-21-45-22-48-27)38(57)50-31(14-9-15-46-41(43)44)37(56)52-33(17-25-10-5-4-6-11-25)39(58)53-34(40(59)60)18-26-20-47-30-13-8-7-12-28(26)30/h4-8,10-13,20-24,29,31-34,47H,9,14-19,42H2,1-3H3,(H,45,48)(H,49,55)(H,50,57)(H,51,54)(H,52,56)(H,53,58)(H,59,60)(H4,43,44,46)/t24-,29-,31-,32-,33-,34-/m0/s1. The fourth-order valence-corrected chi connectivity index (χ4v) is 6.50.